The number of amides is 4. The normalized spacial score (nSPS) is 18.6. The summed E-state index contributed by atoms with van der Waals surface area (Å²) < 4.78 is 41.8. The van der Waals surface area contributed by atoms with Crippen molar-refractivity contribution < 1.29 is 32.3 Å². The van der Waals surface area contributed by atoms with Crippen molar-refractivity contribution in [2.45, 2.75) is 44.2 Å². The van der Waals surface area contributed by atoms with Crippen molar-refractivity contribution in [3.63, 3.8) is 0 Å². The molecule has 196 valence electrons. The molecule has 37 heavy (non-hydrogen) atoms. The molecule has 2 aliphatic rings. The van der Waals surface area contributed by atoms with Crippen LogP contribution in [-0.2, 0) is 22.7 Å². The van der Waals surface area contributed by atoms with Crippen LogP contribution < -0.4 is 10.6 Å². The van der Waals surface area contributed by atoms with Crippen LogP contribution >= 0.6 is 11.6 Å². The average molecular weight is 538 g/mol. The van der Waals surface area contributed by atoms with Gasteiger partial charge in [0.2, 0.25) is 11.8 Å². The van der Waals surface area contributed by atoms with E-state index in [-0.39, 0.29) is 35.5 Å². The van der Waals surface area contributed by atoms with E-state index in [2.05, 4.69) is 10.3 Å². The monoisotopic (exact) mass is 537 g/mol. The van der Waals surface area contributed by atoms with Gasteiger partial charge in [0.15, 0.2) is 6.04 Å². The second-order valence-corrected chi connectivity index (χ2v) is 9.58. The van der Waals surface area contributed by atoms with Crippen LogP contribution in [0.1, 0.15) is 56.4 Å². The number of hydrogen-bond acceptors (Lipinski definition) is 6. The van der Waals surface area contributed by atoms with Gasteiger partial charge in [-0.3, -0.25) is 29.5 Å². The van der Waals surface area contributed by atoms with Crippen molar-refractivity contribution >= 4 is 35.2 Å². The first kappa shape index (κ1) is 26.6. The lowest BCUT2D eigenvalue weighted by Crippen LogP contribution is -2.52. The summed E-state index contributed by atoms with van der Waals surface area (Å²) in [5, 5.41) is 3.91. The Morgan fingerprint density at radius 1 is 1.27 bits per heavy atom. The van der Waals surface area contributed by atoms with Gasteiger partial charge < -0.3 is 15.1 Å². The summed E-state index contributed by atoms with van der Waals surface area (Å²) in [5.41, 5.74) is 0.580. The largest absolute Gasteiger partial charge is 0.414 e. The number of imide groups is 1. The number of piperidine rings is 1. The number of nitrogens with one attached hydrogen (secondary N) is 2. The van der Waals surface area contributed by atoms with Gasteiger partial charge in [0.1, 0.15) is 6.04 Å². The Labute approximate surface area is 215 Å². The number of carbonyl (C=O) groups excluding carboxylic acids is 4. The molecule has 0 bridgehead atoms. The Morgan fingerprint density at radius 3 is 2.62 bits per heavy atom. The van der Waals surface area contributed by atoms with E-state index in [4.69, 9.17) is 11.6 Å². The molecule has 0 spiro atoms. The summed E-state index contributed by atoms with van der Waals surface area (Å²) in [7, 11) is 3.57. The zero-order chi connectivity index (χ0) is 27.1. The number of carbonyl (C=O) groups is 4. The van der Waals surface area contributed by atoms with Crippen LogP contribution in [0.15, 0.2) is 30.5 Å². The second-order valence-electron chi connectivity index (χ2n) is 9.17. The summed E-state index contributed by atoms with van der Waals surface area (Å²) in [5.74, 6) is -2.51. The van der Waals surface area contributed by atoms with E-state index in [1.165, 1.54) is 35.4 Å². The topological polar surface area (TPSA) is 112 Å². The van der Waals surface area contributed by atoms with Crippen LogP contribution in [0.3, 0.4) is 0 Å². The number of benzene rings is 1. The number of rotatable bonds is 6. The summed E-state index contributed by atoms with van der Waals surface area (Å²) in [6.07, 6.45) is -3.37. The predicted molar refractivity (Wildman–Crippen MR) is 125 cm³/mol. The van der Waals surface area contributed by atoms with Crippen LogP contribution in [0.5, 0.6) is 0 Å². The molecule has 0 aliphatic carbocycles. The molecule has 9 nitrogen and oxygen atoms in total. The zero-order valence-corrected chi connectivity index (χ0v) is 20.6. The number of alkyl halides is 3. The first-order chi connectivity index (χ1) is 17.3. The van der Waals surface area contributed by atoms with Gasteiger partial charge in [-0.1, -0.05) is 11.6 Å². The maximum absolute atomic E-state index is 13.9. The standard InChI is InChI=1S/C24H23ClF3N5O4/c1-32(2)10-12-7-16(25)19(29-9-12)20(24(26,27)28)31-21(35)13-3-4-15-14(8-13)11-33(23(15)37)17-5-6-18(34)30-22(17)36/h3-4,7-9,17,20H,5-6,10-11H2,1-2H3,(H,31,35)(H,30,34,36)/t17?,20-/m1/s1. The Morgan fingerprint density at radius 2 is 2.00 bits per heavy atom. The molecule has 1 aromatic carbocycles. The molecule has 1 saturated heterocycles. The highest BCUT2D eigenvalue weighted by molar-refractivity contribution is 6.31. The van der Waals surface area contributed by atoms with Crippen LogP contribution in [0.4, 0.5) is 13.2 Å². The number of hydrogen-bond donors (Lipinski definition) is 2. The number of aromatic nitrogens is 1. The van der Waals surface area contributed by atoms with Gasteiger partial charge in [-0.05, 0) is 55.9 Å². The van der Waals surface area contributed by atoms with Crippen LogP contribution in [-0.4, -0.2) is 64.7 Å². The maximum Gasteiger partial charge on any atom is 0.414 e. The van der Waals surface area contributed by atoms with Gasteiger partial charge >= 0.3 is 6.18 Å². The van der Waals surface area contributed by atoms with Gasteiger partial charge in [0, 0.05) is 36.8 Å². The molecule has 2 aliphatic heterocycles. The lowest BCUT2D eigenvalue weighted by Gasteiger charge is -2.29. The van der Waals surface area contributed by atoms with Crippen LogP contribution in [0, 0.1) is 0 Å². The van der Waals surface area contributed by atoms with Crippen LogP contribution in [0.25, 0.3) is 0 Å². The highest BCUT2D eigenvalue weighted by atomic mass is 35.5. The smallest absolute Gasteiger partial charge is 0.335 e. The number of nitrogens with zero attached hydrogens (tertiary/aromatic N) is 3. The Kier molecular flexibility index (Phi) is 7.24. The summed E-state index contributed by atoms with van der Waals surface area (Å²) in [6.45, 7) is 0.394. The highest BCUT2D eigenvalue weighted by Gasteiger charge is 2.44. The predicted octanol–water partition coefficient (Wildman–Crippen LogP) is 2.59. The molecule has 2 N–H and O–H groups in total. The molecule has 1 fully saturated rings. The molecule has 13 heteroatoms. The van der Waals surface area contributed by atoms with E-state index in [1.807, 2.05) is 5.32 Å². The molecule has 1 unspecified atom stereocenters. The minimum absolute atomic E-state index is 0.0228. The Balaban J connectivity index is 1.54. The molecular formula is C24H23ClF3N5O4. The number of halogens is 4. The van der Waals surface area contributed by atoms with E-state index in [1.54, 1.807) is 19.0 Å². The van der Waals surface area contributed by atoms with E-state index in [0.29, 0.717) is 17.7 Å². The number of pyridine rings is 1. The highest BCUT2D eigenvalue weighted by Crippen LogP contribution is 2.36. The molecule has 4 amide bonds. The quantitative estimate of drug-likeness (QED) is 0.548. The fourth-order valence-corrected chi connectivity index (χ4v) is 4.69. The second kappa shape index (κ2) is 10.1. The first-order valence-electron chi connectivity index (χ1n) is 11.3. The molecule has 0 saturated carbocycles. The molecule has 1 aromatic heterocycles. The SMILES string of the molecule is CN(C)Cc1cnc([C@@H](NC(=O)c2ccc3c(c2)CN(C2CCC(=O)NC2=O)C3=O)C(F)(F)F)c(Cl)c1. The Hall–Kier alpha value is -3.51. The average Bonchev–Trinajstić information content (AvgIpc) is 3.12. The van der Waals surface area contributed by atoms with Crippen molar-refractivity contribution in [3.8, 4) is 0 Å². The van der Waals surface area contributed by atoms with Crippen molar-refractivity contribution in [3.05, 3.63) is 63.4 Å². The third-order valence-corrected chi connectivity index (χ3v) is 6.39. The van der Waals surface area contributed by atoms with Crippen molar-refractivity contribution in [2.75, 3.05) is 14.1 Å². The van der Waals surface area contributed by atoms with E-state index < -0.39 is 47.6 Å². The minimum atomic E-state index is -4.88. The third kappa shape index (κ3) is 5.59. The van der Waals surface area contributed by atoms with Gasteiger partial charge in [0.25, 0.3) is 11.8 Å². The zero-order valence-electron chi connectivity index (χ0n) is 19.9. The molecular weight excluding hydrogens is 515 g/mol. The van der Waals surface area contributed by atoms with Gasteiger partial charge in [-0.25, -0.2) is 0 Å². The van der Waals surface area contributed by atoms with Gasteiger partial charge in [-0.2, -0.15) is 13.2 Å². The van der Waals surface area contributed by atoms with Crippen molar-refractivity contribution in [2.24, 2.45) is 0 Å². The fourth-order valence-electron chi connectivity index (χ4n) is 4.39. The molecule has 4 rings (SSSR count). The molecule has 3 heterocycles. The van der Waals surface area contributed by atoms with E-state index >= 15 is 0 Å². The van der Waals surface area contributed by atoms with Gasteiger partial charge in [0.05, 0.1) is 10.7 Å². The minimum Gasteiger partial charge on any atom is -0.335 e. The third-order valence-electron chi connectivity index (χ3n) is 6.09. The summed E-state index contributed by atoms with van der Waals surface area (Å²) >= 11 is 6.12. The van der Waals surface area contributed by atoms with Crippen molar-refractivity contribution in [1.82, 2.24) is 25.4 Å². The first-order valence-corrected chi connectivity index (χ1v) is 11.7. The van der Waals surface area contributed by atoms with Gasteiger partial charge in [-0.15, -0.1) is 0 Å². The van der Waals surface area contributed by atoms with E-state index in [9.17, 15) is 32.3 Å². The summed E-state index contributed by atoms with van der Waals surface area (Å²) in [6, 6.07) is 1.95. The maximum atomic E-state index is 13.9. The van der Waals surface area contributed by atoms with E-state index in [0.717, 1.165) is 0 Å². The van der Waals surface area contributed by atoms with Crippen LogP contribution in [0.2, 0.25) is 5.02 Å². The summed E-state index contributed by atoms with van der Waals surface area (Å²) in [4.78, 5) is 56.3. The molecule has 2 atom stereocenters. The molecule has 0 radical (unpaired) electrons. The fraction of sp³-hybridized carbons (Fsp3) is 0.375. The Bertz CT molecular complexity index is 1280. The molecule has 2 aromatic rings. The number of fused-ring (bicyclic) bond motifs is 1. The lowest BCUT2D eigenvalue weighted by molar-refractivity contribution is -0.156. The lowest BCUT2D eigenvalue weighted by atomic mass is 10.0. The van der Waals surface area contributed by atoms with Crippen molar-refractivity contribution in [1.29, 1.82) is 0 Å².